The van der Waals surface area contributed by atoms with E-state index in [0.717, 1.165) is 35.6 Å². The van der Waals surface area contributed by atoms with E-state index in [4.69, 9.17) is 0 Å². The first-order chi connectivity index (χ1) is 10.4. The third-order valence-electron chi connectivity index (χ3n) is 4.91. The summed E-state index contributed by atoms with van der Waals surface area (Å²) in [6.07, 6.45) is 4.19. The Kier molecular flexibility index (Phi) is 3.64. The molecule has 0 bridgehead atoms. The van der Waals surface area contributed by atoms with Crippen molar-refractivity contribution in [1.82, 2.24) is 0 Å². The molecule has 0 atom stereocenters. The summed E-state index contributed by atoms with van der Waals surface area (Å²) >= 11 is 0. The van der Waals surface area contributed by atoms with Crippen LogP contribution in [0.5, 0.6) is 11.5 Å². The van der Waals surface area contributed by atoms with Gasteiger partial charge in [-0.3, -0.25) is 0 Å². The monoisotopic (exact) mass is 296 g/mol. The highest BCUT2D eigenvalue weighted by Crippen LogP contribution is 2.40. The summed E-state index contributed by atoms with van der Waals surface area (Å²) in [7, 11) is 0. The summed E-state index contributed by atoms with van der Waals surface area (Å²) in [5, 5.41) is 22.0. The second-order valence-electron chi connectivity index (χ2n) is 7.38. The van der Waals surface area contributed by atoms with Gasteiger partial charge in [0.15, 0.2) is 0 Å². The van der Waals surface area contributed by atoms with E-state index >= 15 is 0 Å². The lowest BCUT2D eigenvalue weighted by Crippen LogP contribution is -2.18. The van der Waals surface area contributed by atoms with E-state index in [0.29, 0.717) is 11.2 Å². The second kappa shape index (κ2) is 5.35. The summed E-state index contributed by atoms with van der Waals surface area (Å²) in [4.78, 5) is 0. The van der Waals surface area contributed by atoms with Crippen LogP contribution in [0.3, 0.4) is 0 Å². The molecule has 0 saturated carbocycles. The Morgan fingerprint density at radius 3 is 2.59 bits per heavy atom. The van der Waals surface area contributed by atoms with Crippen LogP contribution in [0.1, 0.15) is 45.6 Å². The number of hydrogen-bond acceptors (Lipinski definition) is 2. The average molecular weight is 296 g/mol. The maximum absolute atomic E-state index is 10.3. The first-order valence-electron chi connectivity index (χ1n) is 7.97. The van der Waals surface area contributed by atoms with E-state index in [9.17, 15) is 10.2 Å². The van der Waals surface area contributed by atoms with Crippen molar-refractivity contribution in [2.24, 2.45) is 5.41 Å². The van der Waals surface area contributed by atoms with Crippen LogP contribution in [-0.2, 0) is 6.42 Å². The lowest BCUT2D eigenvalue weighted by Gasteiger charge is -2.32. The minimum Gasteiger partial charge on any atom is -0.508 e. The topological polar surface area (TPSA) is 40.5 Å². The van der Waals surface area contributed by atoms with Crippen molar-refractivity contribution >= 4 is 10.8 Å². The second-order valence-corrected chi connectivity index (χ2v) is 7.38. The van der Waals surface area contributed by atoms with Gasteiger partial charge in [-0.15, -0.1) is 0 Å². The van der Waals surface area contributed by atoms with Gasteiger partial charge in [-0.1, -0.05) is 37.1 Å². The fourth-order valence-electron chi connectivity index (χ4n) is 3.59. The molecule has 0 fully saturated rings. The van der Waals surface area contributed by atoms with Crippen molar-refractivity contribution in [3.8, 4) is 11.5 Å². The van der Waals surface area contributed by atoms with Crippen LogP contribution in [-0.4, -0.2) is 10.2 Å². The van der Waals surface area contributed by atoms with E-state index in [1.807, 2.05) is 12.1 Å². The molecule has 0 aromatic heterocycles. The van der Waals surface area contributed by atoms with Gasteiger partial charge in [0.2, 0.25) is 0 Å². The summed E-state index contributed by atoms with van der Waals surface area (Å²) < 4.78 is 0. The molecule has 116 valence electrons. The highest BCUT2D eigenvalue weighted by atomic mass is 16.3. The molecule has 2 nitrogen and oxygen atoms in total. The number of rotatable bonds is 2. The number of phenols is 2. The Morgan fingerprint density at radius 1 is 1.09 bits per heavy atom. The first-order valence-corrected chi connectivity index (χ1v) is 7.97. The fourth-order valence-corrected chi connectivity index (χ4v) is 3.59. The highest BCUT2D eigenvalue weighted by molar-refractivity contribution is 5.90. The minimum absolute atomic E-state index is 0.272. The van der Waals surface area contributed by atoms with Crippen molar-refractivity contribution < 1.29 is 10.2 Å². The number of benzene rings is 2. The number of allylic oxidation sites excluding steroid dienone is 2. The molecule has 0 aliphatic heterocycles. The molecule has 1 aliphatic rings. The summed E-state index contributed by atoms with van der Waals surface area (Å²) in [5.41, 5.74) is 4.18. The molecule has 0 spiro atoms. The average Bonchev–Trinajstić information content (AvgIpc) is 2.43. The molecule has 1 aliphatic carbocycles. The van der Waals surface area contributed by atoms with E-state index in [-0.39, 0.29) is 5.75 Å². The van der Waals surface area contributed by atoms with Gasteiger partial charge in [0.05, 0.1) is 0 Å². The summed E-state index contributed by atoms with van der Waals surface area (Å²) in [6, 6.07) is 9.09. The van der Waals surface area contributed by atoms with Crippen LogP contribution < -0.4 is 0 Å². The summed E-state index contributed by atoms with van der Waals surface area (Å²) in [6.45, 7) is 6.85. The Hall–Kier alpha value is -1.96. The largest absolute Gasteiger partial charge is 0.508 e. The predicted molar refractivity (Wildman–Crippen MR) is 91.3 cm³/mol. The first kappa shape index (κ1) is 15.0. The lowest BCUT2D eigenvalue weighted by molar-refractivity contribution is 0.312. The smallest absolute Gasteiger partial charge is 0.123 e. The normalized spacial score (nSPS) is 18.0. The maximum atomic E-state index is 10.3. The van der Waals surface area contributed by atoms with Crippen molar-refractivity contribution in [2.75, 3.05) is 0 Å². The molecule has 0 amide bonds. The van der Waals surface area contributed by atoms with E-state index in [1.54, 1.807) is 18.2 Å². The Balaban J connectivity index is 1.98. The molecule has 2 N–H and O–H groups in total. The van der Waals surface area contributed by atoms with Crippen LogP contribution in [0.2, 0.25) is 0 Å². The van der Waals surface area contributed by atoms with Crippen LogP contribution >= 0.6 is 0 Å². The Bertz CT molecular complexity index is 754. The van der Waals surface area contributed by atoms with Gasteiger partial charge >= 0.3 is 0 Å². The number of fused-ring (bicyclic) bond motifs is 1. The van der Waals surface area contributed by atoms with Gasteiger partial charge in [0.1, 0.15) is 11.5 Å². The van der Waals surface area contributed by atoms with Crippen LogP contribution in [0.25, 0.3) is 10.8 Å². The maximum Gasteiger partial charge on any atom is 0.123 e. The van der Waals surface area contributed by atoms with Crippen molar-refractivity contribution in [2.45, 2.75) is 46.5 Å². The molecule has 2 aromatic rings. The van der Waals surface area contributed by atoms with Crippen molar-refractivity contribution in [3.63, 3.8) is 0 Å². The van der Waals surface area contributed by atoms with Gasteiger partial charge in [-0.2, -0.15) is 0 Å². The van der Waals surface area contributed by atoms with Crippen molar-refractivity contribution in [3.05, 3.63) is 47.0 Å². The van der Waals surface area contributed by atoms with Crippen LogP contribution in [0.15, 0.2) is 41.5 Å². The Morgan fingerprint density at radius 2 is 1.86 bits per heavy atom. The molecule has 0 heterocycles. The molecular formula is C20H24O2. The summed E-state index contributed by atoms with van der Waals surface area (Å²) in [5.74, 6) is 0.595. The Labute approximate surface area is 132 Å². The number of hydrogen-bond donors (Lipinski definition) is 2. The molecule has 2 heteroatoms. The predicted octanol–water partition coefficient (Wildman–Crippen LogP) is 5.32. The van der Waals surface area contributed by atoms with E-state index in [1.165, 1.54) is 17.6 Å². The highest BCUT2D eigenvalue weighted by Gasteiger charge is 2.25. The fraction of sp³-hybridized carbons (Fsp3) is 0.400. The third kappa shape index (κ3) is 2.83. The van der Waals surface area contributed by atoms with Gasteiger partial charge in [-0.25, -0.2) is 0 Å². The third-order valence-corrected chi connectivity index (χ3v) is 4.91. The quantitative estimate of drug-likeness (QED) is 0.736. The van der Waals surface area contributed by atoms with Crippen LogP contribution in [0.4, 0.5) is 0 Å². The minimum atomic E-state index is 0.272. The van der Waals surface area contributed by atoms with Gasteiger partial charge < -0.3 is 10.2 Å². The molecule has 0 unspecified atom stereocenters. The van der Waals surface area contributed by atoms with Gasteiger partial charge in [0, 0.05) is 5.39 Å². The molecule has 3 rings (SSSR count). The van der Waals surface area contributed by atoms with Gasteiger partial charge in [-0.05, 0) is 67.2 Å². The zero-order valence-electron chi connectivity index (χ0n) is 13.6. The molecule has 0 saturated heterocycles. The molecule has 0 radical (unpaired) electrons. The molecule has 22 heavy (non-hydrogen) atoms. The molecule has 2 aromatic carbocycles. The van der Waals surface area contributed by atoms with Crippen LogP contribution in [0, 0.1) is 5.41 Å². The SMILES string of the molecule is CC1=C(Cc2cc3c(O)cccc3cc2O)CCC(C)(C)C1. The van der Waals surface area contributed by atoms with E-state index < -0.39 is 0 Å². The van der Waals surface area contributed by atoms with Crippen molar-refractivity contribution in [1.29, 1.82) is 0 Å². The standard InChI is InChI=1S/C20H24O2/c1-13-12-20(2,3)8-7-14(13)9-16-10-17-15(11-19(16)22)5-4-6-18(17)21/h4-6,10-11,21-22H,7-9,12H2,1-3H3. The van der Waals surface area contributed by atoms with Gasteiger partial charge in [0.25, 0.3) is 0 Å². The number of phenolic OH excluding ortho intramolecular Hbond substituents is 2. The molecular weight excluding hydrogens is 272 g/mol. The lowest BCUT2D eigenvalue weighted by atomic mass is 9.73. The zero-order chi connectivity index (χ0) is 15.9. The zero-order valence-corrected chi connectivity index (χ0v) is 13.6. The van der Waals surface area contributed by atoms with E-state index in [2.05, 4.69) is 20.8 Å². The number of aromatic hydroxyl groups is 2.